The van der Waals surface area contributed by atoms with Crippen LogP contribution in [-0.2, 0) is 9.05 Å². The van der Waals surface area contributed by atoms with Gasteiger partial charge in [-0.05, 0) is 36.6 Å². The average molecular weight is 304 g/mol. The van der Waals surface area contributed by atoms with Crippen LogP contribution in [0.1, 0.15) is 30.6 Å². The molecule has 0 aliphatic rings. The molecule has 0 aliphatic carbocycles. The first-order chi connectivity index (χ1) is 8.71. The molecular weight excluding hydrogens is 286 g/mol. The van der Waals surface area contributed by atoms with Gasteiger partial charge in [0.2, 0.25) is 0 Å². The molecule has 4 nitrogen and oxygen atoms in total. The van der Waals surface area contributed by atoms with E-state index in [1.54, 1.807) is 11.9 Å². The van der Waals surface area contributed by atoms with Crippen LogP contribution < -0.4 is 0 Å². The van der Waals surface area contributed by atoms with Gasteiger partial charge in [-0.3, -0.25) is 4.79 Å². The fraction of sp³-hybridized carbons (Fsp3) is 0.462. The monoisotopic (exact) mass is 303 g/mol. The molecule has 0 fully saturated rings. The summed E-state index contributed by atoms with van der Waals surface area (Å²) in [6.07, 6.45) is 0.927. The first kappa shape index (κ1) is 16.0. The molecule has 106 valence electrons. The highest BCUT2D eigenvalue weighted by Crippen LogP contribution is 2.16. The third-order valence-corrected chi connectivity index (χ3v) is 4.14. The number of hydrogen-bond donors (Lipinski definition) is 0. The molecule has 0 saturated carbocycles. The van der Waals surface area contributed by atoms with E-state index in [9.17, 15) is 13.2 Å². The van der Waals surface area contributed by atoms with E-state index in [4.69, 9.17) is 10.7 Å². The maximum absolute atomic E-state index is 12.1. The summed E-state index contributed by atoms with van der Waals surface area (Å²) in [7, 11) is 3.21. The number of rotatable bonds is 5. The zero-order valence-corrected chi connectivity index (χ0v) is 12.8. The molecule has 0 radical (unpaired) electrons. The molecule has 0 spiro atoms. The summed E-state index contributed by atoms with van der Waals surface area (Å²) in [4.78, 5) is 13.7. The van der Waals surface area contributed by atoms with Crippen LogP contribution in [0.2, 0.25) is 0 Å². The standard InChI is InChI=1S/C13H18ClNO3S/c1-10(2)8-9-15(3)13(16)11-4-6-12(7-5-11)19(14,17)18/h4-7,10H,8-9H2,1-3H3. The summed E-state index contributed by atoms with van der Waals surface area (Å²) in [6, 6.07) is 5.63. The van der Waals surface area contributed by atoms with Crippen LogP contribution in [0.3, 0.4) is 0 Å². The van der Waals surface area contributed by atoms with Crippen molar-refractivity contribution >= 4 is 25.6 Å². The van der Waals surface area contributed by atoms with Gasteiger partial charge in [0.1, 0.15) is 0 Å². The summed E-state index contributed by atoms with van der Waals surface area (Å²) < 4.78 is 22.2. The second kappa shape index (κ2) is 6.39. The highest BCUT2D eigenvalue weighted by atomic mass is 35.7. The van der Waals surface area contributed by atoms with E-state index in [0.717, 1.165) is 6.42 Å². The van der Waals surface area contributed by atoms with E-state index in [2.05, 4.69) is 13.8 Å². The largest absolute Gasteiger partial charge is 0.342 e. The summed E-state index contributed by atoms with van der Waals surface area (Å²) in [6.45, 7) is 4.86. The molecule has 0 unspecified atom stereocenters. The Morgan fingerprint density at radius 1 is 1.26 bits per heavy atom. The lowest BCUT2D eigenvalue weighted by Crippen LogP contribution is -2.28. The predicted octanol–water partition coefficient (Wildman–Crippen LogP) is 2.73. The quantitative estimate of drug-likeness (QED) is 0.786. The van der Waals surface area contributed by atoms with Crippen molar-refractivity contribution in [2.24, 2.45) is 5.92 Å². The SMILES string of the molecule is CC(C)CCN(C)C(=O)c1ccc(S(=O)(=O)Cl)cc1. The molecule has 0 aromatic heterocycles. The van der Waals surface area contributed by atoms with Gasteiger partial charge in [-0.2, -0.15) is 0 Å². The zero-order chi connectivity index (χ0) is 14.6. The molecule has 0 atom stereocenters. The lowest BCUT2D eigenvalue weighted by molar-refractivity contribution is 0.0789. The van der Waals surface area contributed by atoms with Crippen LogP contribution in [-0.4, -0.2) is 32.8 Å². The Labute approximate surface area is 118 Å². The van der Waals surface area contributed by atoms with Gasteiger partial charge in [-0.15, -0.1) is 0 Å². The fourth-order valence-corrected chi connectivity index (χ4v) is 2.30. The molecular formula is C13H18ClNO3S. The Hall–Kier alpha value is -1.07. The van der Waals surface area contributed by atoms with Gasteiger partial charge in [-0.25, -0.2) is 8.42 Å². The molecule has 19 heavy (non-hydrogen) atoms. The normalized spacial score (nSPS) is 11.6. The Morgan fingerprint density at radius 2 is 1.79 bits per heavy atom. The lowest BCUT2D eigenvalue weighted by Gasteiger charge is -2.18. The molecule has 1 aromatic rings. The van der Waals surface area contributed by atoms with Gasteiger partial charge < -0.3 is 4.90 Å². The number of carbonyl (C=O) groups is 1. The van der Waals surface area contributed by atoms with Gasteiger partial charge in [0.05, 0.1) is 4.90 Å². The van der Waals surface area contributed by atoms with Crippen LogP contribution in [0.4, 0.5) is 0 Å². The second-order valence-electron chi connectivity index (χ2n) is 4.87. The minimum atomic E-state index is -3.74. The van der Waals surface area contributed by atoms with Crippen molar-refractivity contribution in [3.63, 3.8) is 0 Å². The third kappa shape index (κ3) is 4.84. The van der Waals surface area contributed by atoms with Crippen LogP contribution in [0, 0.1) is 5.92 Å². The highest BCUT2D eigenvalue weighted by molar-refractivity contribution is 8.13. The molecule has 1 amide bonds. The Bertz CT molecular complexity index is 538. The smallest absolute Gasteiger partial charge is 0.261 e. The van der Waals surface area contributed by atoms with E-state index < -0.39 is 9.05 Å². The number of benzene rings is 1. The van der Waals surface area contributed by atoms with E-state index in [1.165, 1.54) is 24.3 Å². The van der Waals surface area contributed by atoms with Crippen molar-refractivity contribution in [1.82, 2.24) is 4.90 Å². The van der Waals surface area contributed by atoms with Crippen molar-refractivity contribution in [3.8, 4) is 0 Å². The van der Waals surface area contributed by atoms with Crippen LogP contribution in [0.15, 0.2) is 29.2 Å². The Kier molecular flexibility index (Phi) is 5.38. The number of hydrogen-bond acceptors (Lipinski definition) is 3. The van der Waals surface area contributed by atoms with E-state index in [-0.39, 0.29) is 10.8 Å². The minimum absolute atomic E-state index is 0.00412. The van der Waals surface area contributed by atoms with Gasteiger partial charge in [0.25, 0.3) is 15.0 Å². The number of nitrogens with zero attached hydrogens (tertiary/aromatic N) is 1. The Morgan fingerprint density at radius 3 is 2.21 bits per heavy atom. The summed E-state index contributed by atoms with van der Waals surface area (Å²) in [5, 5.41) is 0. The van der Waals surface area contributed by atoms with Crippen LogP contribution in [0.25, 0.3) is 0 Å². The van der Waals surface area contributed by atoms with E-state index in [0.29, 0.717) is 18.0 Å². The first-order valence-electron chi connectivity index (χ1n) is 6.02. The summed E-state index contributed by atoms with van der Waals surface area (Å²) in [5.41, 5.74) is 0.454. The lowest BCUT2D eigenvalue weighted by atomic mass is 10.1. The second-order valence-corrected chi connectivity index (χ2v) is 7.44. The molecule has 0 saturated heterocycles. The van der Waals surface area contributed by atoms with Gasteiger partial charge in [0.15, 0.2) is 0 Å². The molecule has 0 aliphatic heterocycles. The predicted molar refractivity (Wildman–Crippen MR) is 75.9 cm³/mol. The van der Waals surface area contributed by atoms with Gasteiger partial charge in [-0.1, -0.05) is 13.8 Å². The topological polar surface area (TPSA) is 54.5 Å². The number of carbonyl (C=O) groups excluding carboxylic acids is 1. The maximum Gasteiger partial charge on any atom is 0.261 e. The molecule has 0 heterocycles. The summed E-state index contributed by atoms with van der Waals surface area (Å²) in [5.74, 6) is 0.401. The molecule has 6 heteroatoms. The maximum atomic E-state index is 12.1. The molecule has 1 rings (SSSR count). The fourth-order valence-electron chi connectivity index (χ4n) is 1.53. The Balaban J connectivity index is 2.78. The van der Waals surface area contributed by atoms with E-state index >= 15 is 0 Å². The molecule has 1 aromatic carbocycles. The number of halogens is 1. The van der Waals surface area contributed by atoms with Crippen molar-refractivity contribution in [2.75, 3.05) is 13.6 Å². The van der Waals surface area contributed by atoms with Gasteiger partial charge >= 0.3 is 0 Å². The minimum Gasteiger partial charge on any atom is -0.342 e. The van der Waals surface area contributed by atoms with Gasteiger partial charge in [0, 0.05) is 29.8 Å². The zero-order valence-electron chi connectivity index (χ0n) is 11.3. The van der Waals surface area contributed by atoms with Crippen molar-refractivity contribution < 1.29 is 13.2 Å². The van der Waals surface area contributed by atoms with Crippen molar-refractivity contribution in [2.45, 2.75) is 25.2 Å². The number of amides is 1. The highest BCUT2D eigenvalue weighted by Gasteiger charge is 2.14. The third-order valence-electron chi connectivity index (χ3n) is 2.77. The van der Waals surface area contributed by atoms with Crippen molar-refractivity contribution in [1.29, 1.82) is 0 Å². The average Bonchev–Trinajstić information content (AvgIpc) is 2.34. The van der Waals surface area contributed by atoms with Crippen LogP contribution >= 0.6 is 10.7 Å². The molecule has 0 N–H and O–H groups in total. The first-order valence-corrected chi connectivity index (χ1v) is 8.33. The molecule has 0 bridgehead atoms. The van der Waals surface area contributed by atoms with Crippen LogP contribution in [0.5, 0.6) is 0 Å². The summed E-state index contributed by atoms with van der Waals surface area (Å²) >= 11 is 0. The van der Waals surface area contributed by atoms with E-state index in [1.807, 2.05) is 0 Å². The van der Waals surface area contributed by atoms with Crippen molar-refractivity contribution in [3.05, 3.63) is 29.8 Å².